The average molecular weight is 519 g/mol. The van der Waals surface area contributed by atoms with Crippen LogP contribution in [0.1, 0.15) is 30.6 Å². The smallest absolute Gasteiger partial charge is 0.545 e. The third kappa shape index (κ3) is 5.83. The van der Waals surface area contributed by atoms with E-state index in [-0.39, 0.29) is 87.5 Å². The van der Waals surface area contributed by atoms with Crippen LogP contribution in [-0.2, 0) is 14.4 Å². The summed E-state index contributed by atoms with van der Waals surface area (Å²) in [5.41, 5.74) is 0.136. The molecule has 5 unspecified atom stereocenters. The molecule has 0 saturated carbocycles. The number of aromatic carboxylic acids is 1. The van der Waals surface area contributed by atoms with Gasteiger partial charge in [0.25, 0.3) is 0 Å². The van der Waals surface area contributed by atoms with E-state index in [2.05, 4.69) is 10.6 Å². The molecule has 35 heavy (non-hydrogen) atoms. The number of rotatable bonds is 7. The second kappa shape index (κ2) is 12.1. The van der Waals surface area contributed by atoms with Gasteiger partial charge in [-0.2, -0.15) is 0 Å². The molecule has 0 radical (unpaired) electrons. The molecular formula is C22H23N3Na2O7S. The summed E-state index contributed by atoms with van der Waals surface area (Å²) in [5.74, 6) is -4.46. The van der Waals surface area contributed by atoms with Crippen LogP contribution in [0.15, 0.2) is 34.9 Å². The molecule has 1 aromatic carbocycles. The summed E-state index contributed by atoms with van der Waals surface area (Å²) in [5, 5.41) is 38.4. The Balaban J connectivity index is 0.00000216. The number of anilines is 1. The zero-order valence-corrected chi connectivity index (χ0v) is 24.8. The number of fused-ring (bicyclic) bond motifs is 1. The molecule has 4 rings (SSSR count). The van der Waals surface area contributed by atoms with Gasteiger partial charge in [-0.05, 0) is 31.0 Å². The summed E-state index contributed by atoms with van der Waals surface area (Å²) in [7, 11) is 0. The molecule has 3 N–H and O–H groups in total. The van der Waals surface area contributed by atoms with Gasteiger partial charge in [0.1, 0.15) is 0 Å². The van der Waals surface area contributed by atoms with E-state index in [1.807, 2.05) is 6.92 Å². The molecule has 3 aliphatic heterocycles. The van der Waals surface area contributed by atoms with Crippen molar-refractivity contribution in [3.8, 4) is 0 Å². The van der Waals surface area contributed by atoms with Crippen LogP contribution >= 0.6 is 11.8 Å². The first-order valence-corrected chi connectivity index (χ1v) is 11.5. The van der Waals surface area contributed by atoms with E-state index in [1.54, 1.807) is 6.07 Å². The van der Waals surface area contributed by atoms with E-state index in [4.69, 9.17) is 0 Å². The average Bonchev–Trinajstić information content (AvgIpc) is 3.30. The number of hydrogen-bond donors (Lipinski definition) is 3. The van der Waals surface area contributed by atoms with E-state index in [0.717, 1.165) is 0 Å². The van der Waals surface area contributed by atoms with E-state index in [9.17, 15) is 34.5 Å². The standard InChI is InChI=1S/C22H25N3O7S.2Na/c1-9-16-15(10(2)26)20(28)25(16)17(22(31)32)18(9)33-13-7-14(23-8-13)19(27)24-12-5-3-4-11(6-12)21(29)30;;/h3-6,9-10,13-16,23,26H,7-8H2,1-2H3,(H,24,27)(H,29,30)(H,31,32);;/q;2*+1/p-2/t9?,10?,13?,14?,15?,16-;;/m0../s1. The van der Waals surface area contributed by atoms with Crippen LogP contribution in [0.4, 0.5) is 5.69 Å². The molecule has 10 nitrogen and oxygen atoms in total. The van der Waals surface area contributed by atoms with Crippen molar-refractivity contribution in [1.29, 1.82) is 0 Å². The maximum absolute atomic E-state index is 12.6. The fraction of sp³-hybridized carbons (Fsp3) is 0.455. The van der Waals surface area contributed by atoms with Gasteiger partial charge in [0.15, 0.2) is 0 Å². The van der Waals surface area contributed by atoms with Crippen LogP contribution in [0.3, 0.4) is 0 Å². The number of thioether (sulfide) groups is 1. The Morgan fingerprint density at radius 1 is 1.23 bits per heavy atom. The maximum atomic E-state index is 12.6. The number of carboxylic acids is 2. The summed E-state index contributed by atoms with van der Waals surface area (Å²) in [4.78, 5) is 49.7. The maximum Gasteiger partial charge on any atom is 1.00 e. The van der Waals surface area contributed by atoms with E-state index in [0.29, 0.717) is 23.6 Å². The van der Waals surface area contributed by atoms with Crippen LogP contribution in [0.5, 0.6) is 0 Å². The molecule has 6 atom stereocenters. The van der Waals surface area contributed by atoms with Gasteiger partial charge in [0.05, 0.1) is 41.7 Å². The topological polar surface area (TPSA) is 162 Å². The summed E-state index contributed by atoms with van der Waals surface area (Å²) >= 11 is 1.31. The number of carbonyl (C=O) groups excluding carboxylic acids is 4. The van der Waals surface area contributed by atoms with Gasteiger partial charge in [0, 0.05) is 28.3 Å². The molecule has 0 bridgehead atoms. The summed E-state index contributed by atoms with van der Waals surface area (Å²) in [6.07, 6.45) is -0.476. The minimum atomic E-state index is -1.43. The number of aliphatic hydroxyl groups is 1. The zero-order chi connectivity index (χ0) is 24.0. The fourth-order valence-corrected chi connectivity index (χ4v) is 6.27. The van der Waals surface area contributed by atoms with Gasteiger partial charge in [-0.15, -0.1) is 11.8 Å². The molecule has 0 aliphatic carbocycles. The third-order valence-electron chi connectivity index (χ3n) is 6.37. The zero-order valence-electron chi connectivity index (χ0n) is 19.9. The number of amides is 2. The Kier molecular flexibility index (Phi) is 10.5. The van der Waals surface area contributed by atoms with Gasteiger partial charge in [0.2, 0.25) is 11.8 Å². The Bertz CT molecular complexity index is 1070. The van der Waals surface area contributed by atoms with Gasteiger partial charge in [-0.25, -0.2) is 0 Å². The predicted molar refractivity (Wildman–Crippen MR) is 114 cm³/mol. The Morgan fingerprint density at radius 2 is 1.91 bits per heavy atom. The van der Waals surface area contributed by atoms with E-state index in [1.165, 1.54) is 41.8 Å². The van der Waals surface area contributed by atoms with Crippen LogP contribution in [0, 0.1) is 11.8 Å². The van der Waals surface area contributed by atoms with Gasteiger partial charge >= 0.3 is 59.1 Å². The number of nitrogens with zero attached hydrogens (tertiary/aromatic N) is 1. The molecule has 2 saturated heterocycles. The minimum absolute atomic E-state index is 0. The van der Waals surface area contributed by atoms with Crippen LogP contribution in [0.25, 0.3) is 0 Å². The van der Waals surface area contributed by atoms with Crippen molar-refractivity contribution in [2.45, 2.75) is 43.7 Å². The number of hydrogen-bond acceptors (Lipinski definition) is 9. The molecule has 0 aromatic heterocycles. The van der Waals surface area contributed by atoms with Crippen molar-refractivity contribution < 1.29 is 93.6 Å². The molecule has 0 spiro atoms. The molecule has 13 heteroatoms. The first-order chi connectivity index (χ1) is 15.6. The monoisotopic (exact) mass is 519 g/mol. The van der Waals surface area contributed by atoms with Crippen LogP contribution in [-0.4, -0.2) is 63.7 Å². The molecule has 2 amide bonds. The summed E-state index contributed by atoms with van der Waals surface area (Å²) in [6, 6.07) is 4.78. The first kappa shape index (κ1) is 30.3. The molecule has 3 heterocycles. The van der Waals surface area contributed by atoms with Crippen molar-refractivity contribution in [2.75, 3.05) is 11.9 Å². The van der Waals surface area contributed by atoms with Crippen LogP contribution < -0.4 is 80.0 Å². The largest absolute Gasteiger partial charge is 1.00 e. The Labute approximate surface area is 250 Å². The molecule has 1 aromatic rings. The summed E-state index contributed by atoms with van der Waals surface area (Å²) in [6.45, 7) is 3.79. The third-order valence-corrected chi connectivity index (χ3v) is 7.88. The fourth-order valence-electron chi connectivity index (χ4n) is 4.79. The van der Waals surface area contributed by atoms with E-state index < -0.39 is 42.0 Å². The molecule has 2 fully saturated rings. The van der Waals surface area contributed by atoms with Crippen molar-refractivity contribution in [2.24, 2.45) is 11.8 Å². The normalized spacial score (nSPS) is 27.8. The van der Waals surface area contributed by atoms with Crippen molar-refractivity contribution in [1.82, 2.24) is 10.2 Å². The van der Waals surface area contributed by atoms with Crippen molar-refractivity contribution in [3.63, 3.8) is 0 Å². The number of β-lactam (4-membered cyclic amide) rings is 1. The van der Waals surface area contributed by atoms with Crippen LogP contribution in [0.2, 0.25) is 0 Å². The molecule has 3 aliphatic rings. The molecular weight excluding hydrogens is 496 g/mol. The predicted octanol–water partition coefficient (Wildman–Crippen LogP) is -7.72. The second-order valence-corrected chi connectivity index (χ2v) is 9.89. The van der Waals surface area contributed by atoms with Gasteiger partial charge in [-0.1, -0.05) is 19.1 Å². The second-order valence-electron chi connectivity index (χ2n) is 8.55. The number of carbonyl (C=O) groups is 4. The Hall–Kier alpha value is -0.890. The quantitative estimate of drug-likeness (QED) is 0.235. The number of aliphatic carboxylic acids is 1. The number of carboxylic acid groups (broad SMARTS) is 2. The Morgan fingerprint density at radius 3 is 2.51 bits per heavy atom. The number of nitrogens with one attached hydrogen (secondary N) is 2. The van der Waals surface area contributed by atoms with Gasteiger partial charge < -0.3 is 40.4 Å². The van der Waals surface area contributed by atoms with Crippen molar-refractivity contribution in [3.05, 3.63) is 40.4 Å². The summed E-state index contributed by atoms with van der Waals surface area (Å²) < 4.78 is 0. The first-order valence-electron chi connectivity index (χ1n) is 10.6. The SMILES string of the molecule is CC(O)C1C(=O)N2C(C(=O)[O-])=C(SC3CNC(C(=O)Nc4cccc(C(=O)[O-])c4)C3)C(C)[C@@H]12.[Na+].[Na+]. The minimum Gasteiger partial charge on any atom is -0.545 e. The van der Waals surface area contributed by atoms with Gasteiger partial charge in [-0.3, -0.25) is 9.59 Å². The number of benzene rings is 1. The van der Waals surface area contributed by atoms with E-state index >= 15 is 0 Å². The number of aliphatic hydroxyl groups excluding tert-OH is 1. The van der Waals surface area contributed by atoms with Crippen molar-refractivity contribution >= 4 is 41.2 Å². The molecule has 176 valence electrons.